The average Bonchev–Trinajstić information content (AvgIpc) is 2.91. The summed E-state index contributed by atoms with van der Waals surface area (Å²) in [5.74, 6) is -0.371. The molecule has 0 saturated heterocycles. The number of fused-ring (bicyclic) bond motifs is 1. The van der Waals surface area contributed by atoms with E-state index < -0.39 is 0 Å². The molecule has 3 rings (SSSR count). The number of aromatic nitrogens is 3. The molecule has 0 aromatic carbocycles. The Bertz CT molecular complexity index is 673. The second-order valence-electron chi connectivity index (χ2n) is 4.83. The van der Waals surface area contributed by atoms with Gasteiger partial charge in [-0.2, -0.15) is 5.10 Å². The molecule has 104 valence electrons. The summed E-state index contributed by atoms with van der Waals surface area (Å²) in [6.45, 7) is 2.14. The van der Waals surface area contributed by atoms with Gasteiger partial charge >= 0.3 is 5.97 Å². The predicted octanol–water partition coefficient (Wildman–Crippen LogP) is 2.86. The summed E-state index contributed by atoms with van der Waals surface area (Å²) >= 11 is 0. The highest BCUT2D eigenvalue weighted by molar-refractivity contribution is 5.95. The third-order valence-corrected chi connectivity index (χ3v) is 3.48. The standard InChI is InChI=1S/C15H17N3O2/c1-2-20-15(19)12-10-16-18-9-8-13(17-14(12)18)11-6-4-3-5-7-11/h6,8-10H,2-5,7H2,1H3. The van der Waals surface area contributed by atoms with Crippen LogP contribution in [0.3, 0.4) is 0 Å². The normalized spacial score (nSPS) is 15.2. The maximum atomic E-state index is 11.9. The van der Waals surface area contributed by atoms with Crippen LogP contribution in [0.5, 0.6) is 0 Å². The summed E-state index contributed by atoms with van der Waals surface area (Å²) in [6.07, 6.45) is 10.2. The van der Waals surface area contributed by atoms with Gasteiger partial charge in [-0.1, -0.05) is 6.08 Å². The van der Waals surface area contributed by atoms with E-state index in [0.29, 0.717) is 17.8 Å². The van der Waals surface area contributed by atoms with Crippen LogP contribution < -0.4 is 0 Å². The maximum Gasteiger partial charge on any atom is 0.343 e. The molecule has 1 aliphatic rings. The number of carbonyl (C=O) groups excluding carboxylic acids is 1. The van der Waals surface area contributed by atoms with Crippen molar-refractivity contribution in [2.24, 2.45) is 0 Å². The van der Waals surface area contributed by atoms with Crippen molar-refractivity contribution >= 4 is 17.2 Å². The van der Waals surface area contributed by atoms with E-state index in [1.807, 2.05) is 12.3 Å². The smallest absolute Gasteiger partial charge is 0.343 e. The Balaban J connectivity index is 2.02. The van der Waals surface area contributed by atoms with Gasteiger partial charge < -0.3 is 4.74 Å². The first-order chi connectivity index (χ1) is 9.79. The van der Waals surface area contributed by atoms with Crippen molar-refractivity contribution in [3.63, 3.8) is 0 Å². The number of ether oxygens (including phenoxy) is 1. The minimum absolute atomic E-state index is 0.348. The minimum atomic E-state index is -0.371. The monoisotopic (exact) mass is 271 g/mol. The van der Waals surface area contributed by atoms with Gasteiger partial charge in [-0.15, -0.1) is 0 Å². The fraction of sp³-hybridized carbons (Fsp3) is 0.400. The van der Waals surface area contributed by atoms with Gasteiger partial charge in [0.15, 0.2) is 5.65 Å². The molecule has 0 atom stereocenters. The summed E-state index contributed by atoms with van der Waals surface area (Å²) < 4.78 is 6.64. The second-order valence-corrected chi connectivity index (χ2v) is 4.83. The van der Waals surface area contributed by atoms with Crippen molar-refractivity contribution in [2.75, 3.05) is 6.61 Å². The zero-order valence-electron chi connectivity index (χ0n) is 11.5. The Kier molecular flexibility index (Phi) is 3.50. The van der Waals surface area contributed by atoms with Crippen LogP contribution in [0, 0.1) is 0 Å². The number of hydrogen-bond acceptors (Lipinski definition) is 4. The Morgan fingerprint density at radius 2 is 2.35 bits per heavy atom. The largest absolute Gasteiger partial charge is 0.462 e. The molecule has 5 nitrogen and oxygen atoms in total. The van der Waals surface area contributed by atoms with Crippen LogP contribution in [0.4, 0.5) is 0 Å². The van der Waals surface area contributed by atoms with Crippen LogP contribution in [0.1, 0.15) is 48.7 Å². The summed E-state index contributed by atoms with van der Waals surface area (Å²) in [6, 6.07) is 1.95. The Labute approximate surface area is 117 Å². The highest BCUT2D eigenvalue weighted by Gasteiger charge is 2.16. The number of carbonyl (C=O) groups is 1. The molecule has 0 radical (unpaired) electrons. The highest BCUT2D eigenvalue weighted by atomic mass is 16.5. The summed E-state index contributed by atoms with van der Waals surface area (Å²) in [5.41, 5.74) is 3.18. The molecule has 0 amide bonds. The lowest BCUT2D eigenvalue weighted by molar-refractivity contribution is 0.0528. The van der Waals surface area contributed by atoms with Crippen LogP contribution in [0.2, 0.25) is 0 Å². The third kappa shape index (κ3) is 2.31. The van der Waals surface area contributed by atoms with E-state index in [1.165, 1.54) is 24.6 Å². The summed E-state index contributed by atoms with van der Waals surface area (Å²) in [4.78, 5) is 16.5. The number of rotatable bonds is 3. The lowest BCUT2D eigenvalue weighted by atomic mass is 9.97. The molecule has 0 saturated carbocycles. The molecular formula is C15H17N3O2. The van der Waals surface area contributed by atoms with Gasteiger partial charge in [-0.25, -0.2) is 14.3 Å². The molecule has 0 bridgehead atoms. The highest BCUT2D eigenvalue weighted by Crippen LogP contribution is 2.26. The first-order valence-corrected chi connectivity index (χ1v) is 7.00. The molecule has 0 unspecified atom stereocenters. The van der Waals surface area contributed by atoms with Gasteiger partial charge in [0.2, 0.25) is 0 Å². The molecule has 0 fully saturated rings. The molecule has 0 aliphatic heterocycles. The molecule has 2 heterocycles. The van der Waals surface area contributed by atoms with Crippen molar-refractivity contribution in [3.8, 4) is 0 Å². The van der Waals surface area contributed by atoms with E-state index in [-0.39, 0.29) is 5.97 Å². The Morgan fingerprint density at radius 3 is 3.10 bits per heavy atom. The number of hydrogen-bond donors (Lipinski definition) is 0. The fourth-order valence-electron chi connectivity index (χ4n) is 2.47. The van der Waals surface area contributed by atoms with E-state index >= 15 is 0 Å². The molecule has 5 heteroatoms. The van der Waals surface area contributed by atoms with Gasteiger partial charge in [-0.05, 0) is 44.2 Å². The topological polar surface area (TPSA) is 56.5 Å². The third-order valence-electron chi connectivity index (χ3n) is 3.48. The van der Waals surface area contributed by atoms with Crippen LogP contribution in [0.25, 0.3) is 11.2 Å². The maximum absolute atomic E-state index is 11.9. The number of esters is 1. The second kappa shape index (κ2) is 5.45. The molecule has 0 spiro atoms. The van der Waals surface area contributed by atoms with Gasteiger partial charge in [-0.3, -0.25) is 0 Å². The van der Waals surface area contributed by atoms with E-state index in [4.69, 9.17) is 4.74 Å². The average molecular weight is 271 g/mol. The molecule has 1 aliphatic carbocycles. The molecule has 0 N–H and O–H groups in total. The van der Waals surface area contributed by atoms with Gasteiger partial charge in [0, 0.05) is 6.20 Å². The van der Waals surface area contributed by atoms with Crippen LogP contribution in [-0.2, 0) is 4.74 Å². The predicted molar refractivity (Wildman–Crippen MR) is 75.4 cm³/mol. The van der Waals surface area contributed by atoms with Crippen molar-refractivity contribution < 1.29 is 9.53 Å². The molecule has 2 aromatic heterocycles. The van der Waals surface area contributed by atoms with Crippen LogP contribution in [-0.4, -0.2) is 27.2 Å². The van der Waals surface area contributed by atoms with Crippen molar-refractivity contribution in [3.05, 3.63) is 35.8 Å². The zero-order chi connectivity index (χ0) is 13.9. The molecule has 20 heavy (non-hydrogen) atoms. The van der Waals surface area contributed by atoms with Gasteiger partial charge in [0.05, 0.1) is 18.5 Å². The van der Waals surface area contributed by atoms with Crippen molar-refractivity contribution in [1.29, 1.82) is 0 Å². The Hall–Kier alpha value is -2.17. The summed E-state index contributed by atoms with van der Waals surface area (Å²) in [5, 5.41) is 4.14. The lowest BCUT2D eigenvalue weighted by Crippen LogP contribution is -2.06. The van der Waals surface area contributed by atoms with Gasteiger partial charge in [0.1, 0.15) is 5.56 Å². The quantitative estimate of drug-likeness (QED) is 0.805. The Morgan fingerprint density at radius 1 is 1.45 bits per heavy atom. The summed E-state index contributed by atoms with van der Waals surface area (Å²) in [7, 11) is 0. The van der Waals surface area contributed by atoms with E-state index in [9.17, 15) is 4.79 Å². The van der Waals surface area contributed by atoms with Crippen molar-refractivity contribution in [1.82, 2.24) is 14.6 Å². The lowest BCUT2D eigenvalue weighted by Gasteiger charge is -2.12. The molecular weight excluding hydrogens is 254 g/mol. The first kappa shape index (κ1) is 12.8. The van der Waals surface area contributed by atoms with Crippen LogP contribution >= 0.6 is 0 Å². The molecule has 2 aromatic rings. The SMILES string of the molecule is CCOC(=O)c1cnn2ccc(C3=CCCCC3)nc12. The first-order valence-electron chi connectivity index (χ1n) is 7.00. The van der Waals surface area contributed by atoms with Gasteiger partial charge in [0.25, 0.3) is 0 Å². The zero-order valence-corrected chi connectivity index (χ0v) is 11.5. The number of nitrogens with zero attached hydrogens (tertiary/aromatic N) is 3. The minimum Gasteiger partial charge on any atom is -0.462 e. The van der Waals surface area contributed by atoms with E-state index in [1.54, 1.807) is 11.4 Å². The number of allylic oxidation sites excluding steroid dienone is 2. The van der Waals surface area contributed by atoms with E-state index in [0.717, 1.165) is 18.5 Å². The fourth-order valence-corrected chi connectivity index (χ4v) is 2.47. The van der Waals surface area contributed by atoms with E-state index in [2.05, 4.69) is 16.2 Å². The van der Waals surface area contributed by atoms with Crippen molar-refractivity contribution in [2.45, 2.75) is 32.6 Å². The van der Waals surface area contributed by atoms with Crippen LogP contribution in [0.15, 0.2) is 24.5 Å².